The van der Waals surface area contributed by atoms with Gasteiger partial charge in [0, 0.05) is 30.5 Å². The number of aromatic nitrogens is 1. The lowest BCUT2D eigenvalue weighted by atomic mass is 10.1. The molecule has 1 heterocycles. The van der Waals surface area contributed by atoms with Crippen molar-refractivity contribution in [3.63, 3.8) is 0 Å². The minimum atomic E-state index is -0.0923. The fourth-order valence-corrected chi connectivity index (χ4v) is 1.95. The van der Waals surface area contributed by atoms with Crippen molar-refractivity contribution >= 4 is 11.5 Å². The third-order valence-electron chi connectivity index (χ3n) is 2.99. The molecule has 0 fully saturated rings. The molecule has 0 aliphatic carbocycles. The van der Waals surface area contributed by atoms with Gasteiger partial charge in [-0.2, -0.15) is 5.26 Å². The van der Waals surface area contributed by atoms with E-state index in [4.69, 9.17) is 11.0 Å². The number of rotatable bonds is 3. The molecule has 2 N–H and O–H groups in total. The Labute approximate surface area is 113 Å². The largest absolute Gasteiger partial charge is 0.329 e. The summed E-state index contributed by atoms with van der Waals surface area (Å²) in [4.78, 5) is 6.34. The van der Waals surface area contributed by atoms with Gasteiger partial charge in [-0.1, -0.05) is 12.1 Å². The Hall–Kier alpha value is -2.38. The van der Waals surface area contributed by atoms with Gasteiger partial charge in [0.2, 0.25) is 0 Å². The normalized spacial score (nSPS) is 11.7. The fraction of sp³-hybridized carbons (Fsp3) is 0.200. The second-order valence-corrected chi connectivity index (χ2v) is 4.43. The number of nitrogens with two attached hydrogens (primary N) is 1. The summed E-state index contributed by atoms with van der Waals surface area (Å²) in [5.41, 5.74) is 8.49. The van der Waals surface area contributed by atoms with Gasteiger partial charge in [-0.25, -0.2) is 4.98 Å². The lowest BCUT2D eigenvalue weighted by Crippen LogP contribution is -2.17. The zero-order valence-electron chi connectivity index (χ0n) is 11.0. The average molecular weight is 252 g/mol. The molecule has 1 aromatic carbocycles. The summed E-state index contributed by atoms with van der Waals surface area (Å²) in [5.74, 6) is 0.813. The van der Waals surface area contributed by atoms with Crippen LogP contribution in [-0.4, -0.2) is 12.0 Å². The Bertz CT molecular complexity index is 614. The molecule has 0 radical (unpaired) electrons. The molecule has 0 aliphatic heterocycles. The van der Waals surface area contributed by atoms with Gasteiger partial charge in [0.05, 0.1) is 11.6 Å². The monoisotopic (exact) mass is 252 g/mol. The number of hydrogen-bond donors (Lipinski definition) is 1. The van der Waals surface area contributed by atoms with Crippen molar-refractivity contribution in [3.8, 4) is 6.07 Å². The van der Waals surface area contributed by atoms with Gasteiger partial charge in [-0.15, -0.1) is 0 Å². The SMILES string of the molecule is CC(N)c1cccnc1N(C)c1cccc(C#N)c1. The predicted molar refractivity (Wildman–Crippen MR) is 76.1 cm³/mol. The Kier molecular flexibility index (Phi) is 3.79. The topological polar surface area (TPSA) is 65.9 Å². The van der Waals surface area contributed by atoms with E-state index in [9.17, 15) is 0 Å². The van der Waals surface area contributed by atoms with Gasteiger partial charge in [0.15, 0.2) is 0 Å². The Morgan fingerprint density at radius 1 is 1.32 bits per heavy atom. The van der Waals surface area contributed by atoms with E-state index in [1.165, 1.54) is 0 Å². The molecule has 2 rings (SSSR count). The molecule has 0 bridgehead atoms. The van der Waals surface area contributed by atoms with Crippen LogP contribution in [0.1, 0.15) is 24.1 Å². The van der Waals surface area contributed by atoms with E-state index < -0.39 is 0 Å². The van der Waals surface area contributed by atoms with Crippen molar-refractivity contribution in [2.75, 3.05) is 11.9 Å². The minimum absolute atomic E-state index is 0.0923. The molecule has 4 heteroatoms. The highest BCUT2D eigenvalue weighted by atomic mass is 15.2. The maximum absolute atomic E-state index is 8.95. The second-order valence-electron chi connectivity index (χ2n) is 4.43. The van der Waals surface area contributed by atoms with E-state index in [0.717, 1.165) is 17.1 Å². The van der Waals surface area contributed by atoms with Gasteiger partial charge < -0.3 is 10.6 Å². The fourth-order valence-electron chi connectivity index (χ4n) is 1.95. The first-order valence-electron chi connectivity index (χ1n) is 6.08. The smallest absolute Gasteiger partial charge is 0.137 e. The number of benzene rings is 1. The quantitative estimate of drug-likeness (QED) is 0.912. The van der Waals surface area contributed by atoms with Crippen molar-refractivity contribution in [2.24, 2.45) is 5.73 Å². The maximum Gasteiger partial charge on any atom is 0.137 e. The number of nitrogens with zero attached hydrogens (tertiary/aromatic N) is 3. The first-order valence-corrected chi connectivity index (χ1v) is 6.08. The van der Waals surface area contributed by atoms with E-state index in [-0.39, 0.29) is 6.04 Å². The molecule has 2 aromatic rings. The van der Waals surface area contributed by atoms with Crippen LogP contribution in [0.3, 0.4) is 0 Å². The molecule has 0 spiro atoms. The molecule has 1 unspecified atom stereocenters. The Morgan fingerprint density at radius 2 is 2.11 bits per heavy atom. The van der Waals surface area contributed by atoms with E-state index in [1.807, 2.05) is 49.2 Å². The van der Waals surface area contributed by atoms with Crippen LogP contribution in [0.2, 0.25) is 0 Å². The van der Waals surface area contributed by atoms with Crippen LogP contribution in [0, 0.1) is 11.3 Å². The van der Waals surface area contributed by atoms with Gasteiger partial charge in [-0.3, -0.25) is 0 Å². The van der Waals surface area contributed by atoms with Gasteiger partial charge in [-0.05, 0) is 31.2 Å². The van der Waals surface area contributed by atoms with Crippen molar-refractivity contribution in [1.29, 1.82) is 5.26 Å². The molecule has 0 saturated carbocycles. The molecule has 0 aliphatic rings. The summed E-state index contributed by atoms with van der Waals surface area (Å²) in [6.45, 7) is 1.93. The Balaban J connectivity index is 2.44. The highest BCUT2D eigenvalue weighted by Gasteiger charge is 2.13. The molecular weight excluding hydrogens is 236 g/mol. The predicted octanol–water partition coefficient (Wildman–Crippen LogP) is 2.74. The zero-order chi connectivity index (χ0) is 13.8. The first kappa shape index (κ1) is 13.1. The van der Waals surface area contributed by atoms with Crippen molar-refractivity contribution in [2.45, 2.75) is 13.0 Å². The second kappa shape index (κ2) is 5.51. The number of nitriles is 1. The summed E-state index contributed by atoms with van der Waals surface area (Å²) in [7, 11) is 1.92. The molecule has 1 atom stereocenters. The van der Waals surface area contributed by atoms with Crippen LogP contribution in [-0.2, 0) is 0 Å². The summed E-state index contributed by atoms with van der Waals surface area (Å²) < 4.78 is 0. The van der Waals surface area contributed by atoms with Crippen LogP contribution < -0.4 is 10.6 Å². The van der Waals surface area contributed by atoms with Crippen LogP contribution in [0.25, 0.3) is 0 Å². The van der Waals surface area contributed by atoms with Gasteiger partial charge in [0.25, 0.3) is 0 Å². The minimum Gasteiger partial charge on any atom is -0.329 e. The van der Waals surface area contributed by atoms with E-state index in [2.05, 4.69) is 11.1 Å². The lowest BCUT2D eigenvalue weighted by molar-refractivity contribution is 0.807. The zero-order valence-corrected chi connectivity index (χ0v) is 11.0. The van der Waals surface area contributed by atoms with Crippen LogP contribution in [0.5, 0.6) is 0 Å². The summed E-state index contributed by atoms with van der Waals surface area (Å²) >= 11 is 0. The summed E-state index contributed by atoms with van der Waals surface area (Å²) in [6.07, 6.45) is 1.74. The molecule has 4 nitrogen and oxygen atoms in total. The molecule has 96 valence electrons. The molecule has 0 amide bonds. The van der Waals surface area contributed by atoms with Gasteiger partial charge >= 0.3 is 0 Å². The third kappa shape index (κ3) is 2.72. The molecule has 0 saturated heterocycles. The summed E-state index contributed by atoms with van der Waals surface area (Å²) in [6, 6.07) is 13.3. The van der Waals surface area contributed by atoms with Crippen LogP contribution in [0.15, 0.2) is 42.6 Å². The third-order valence-corrected chi connectivity index (χ3v) is 2.99. The van der Waals surface area contributed by atoms with Crippen molar-refractivity contribution in [1.82, 2.24) is 4.98 Å². The van der Waals surface area contributed by atoms with Crippen LogP contribution >= 0.6 is 0 Å². The lowest BCUT2D eigenvalue weighted by Gasteiger charge is -2.22. The highest BCUT2D eigenvalue weighted by Crippen LogP contribution is 2.28. The standard InChI is InChI=1S/C15H16N4/c1-11(17)14-7-4-8-18-15(14)19(2)13-6-3-5-12(9-13)10-16/h3-9,11H,17H2,1-2H3. The number of anilines is 2. The van der Waals surface area contributed by atoms with Crippen LogP contribution in [0.4, 0.5) is 11.5 Å². The maximum atomic E-state index is 8.95. The van der Waals surface area contributed by atoms with Crippen molar-refractivity contribution in [3.05, 3.63) is 53.7 Å². The molecule has 1 aromatic heterocycles. The summed E-state index contributed by atoms with van der Waals surface area (Å²) in [5, 5.41) is 8.95. The highest BCUT2D eigenvalue weighted by molar-refractivity contribution is 5.64. The van der Waals surface area contributed by atoms with E-state index in [1.54, 1.807) is 12.3 Å². The molecular formula is C15H16N4. The number of hydrogen-bond acceptors (Lipinski definition) is 4. The number of pyridine rings is 1. The van der Waals surface area contributed by atoms with E-state index in [0.29, 0.717) is 5.56 Å². The first-order chi connectivity index (χ1) is 9.13. The average Bonchev–Trinajstić information content (AvgIpc) is 2.46. The van der Waals surface area contributed by atoms with Gasteiger partial charge in [0.1, 0.15) is 5.82 Å². The molecule has 19 heavy (non-hydrogen) atoms. The van der Waals surface area contributed by atoms with E-state index >= 15 is 0 Å². The van der Waals surface area contributed by atoms with Crippen molar-refractivity contribution < 1.29 is 0 Å². The Morgan fingerprint density at radius 3 is 2.79 bits per heavy atom.